The Balaban J connectivity index is 1.94. The molecular formula is C13H14N4O2. The minimum Gasteiger partial charge on any atom is -0.399 e. The van der Waals surface area contributed by atoms with Gasteiger partial charge in [0.1, 0.15) is 0 Å². The maximum absolute atomic E-state index is 12.1. The number of anilines is 3. The van der Waals surface area contributed by atoms with E-state index in [1.807, 2.05) is 12.1 Å². The maximum Gasteiger partial charge on any atom is 0.227 e. The van der Waals surface area contributed by atoms with Crippen molar-refractivity contribution in [3.63, 3.8) is 0 Å². The van der Waals surface area contributed by atoms with Gasteiger partial charge in [-0.3, -0.25) is 4.79 Å². The zero-order valence-corrected chi connectivity index (χ0v) is 10.3. The van der Waals surface area contributed by atoms with E-state index >= 15 is 0 Å². The first-order valence-corrected chi connectivity index (χ1v) is 6.03. The highest BCUT2D eigenvalue weighted by atomic mass is 16.5. The number of carbonyl (C=O) groups excluding carboxylic acids is 1. The zero-order chi connectivity index (χ0) is 13.4. The van der Waals surface area contributed by atoms with Crippen LogP contribution < -0.4 is 16.4 Å². The molecule has 0 atom stereocenters. The van der Waals surface area contributed by atoms with Gasteiger partial charge in [0.2, 0.25) is 5.91 Å². The normalized spacial score (nSPS) is 14.5. The van der Waals surface area contributed by atoms with Crippen LogP contribution in [0.15, 0.2) is 28.8 Å². The molecule has 0 aliphatic carbocycles. The molecule has 1 aliphatic rings. The molecule has 98 valence electrons. The molecule has 4 N–H and O–H groups in total. The van der Waals surface area contributed by atoms with Gasteiger partial charge in [0, 0.05) is 23.9 Å². The number of rotatable bonds is 2. The highest BCUT2D eigenvalue weighted by Gasteiger charge is 2.25. The van der Waals surface area contributed by atoms with Crippen LogP contribution in [0, 0.1) is 0 Å². The van der Waals surface area contributed by atoms with Gasteiger partial charge in [-0.1, -0.05) is 5.16 Å². The van der Waals surface area contributed by atoms with Crippen molar-refractivity contribution >= 4 is 23.1 Å². The number of nitrogens with two attached hydrogens (primary N) is 2. The number of aromatic nitrogens is 1. The van der Waals surface area contributed by atoms with E-state index in [-0.39, 0.29) is 5.91 Å². The molecule has 2 aromatic rings. The molecule has 2 heterocycles. The van der Waals surface area contributed by atoms with Crippen molar-refractivity contribution in [1.29, 1.82) is 0 Å². The van der Waals surface area contributed by atoms with Crippen molar-refractivity contribution in [3.05, 3.63) is 35.6 Å². The number of nitrogen functional groups attached to an aromatic ring is 2. The number of aryl methyl sites for hydroxylation is 1. The van der Waals surface area contributed by atoms with Crippen LogP contribution in [0.5, 0.6) is 0 Å². The molecule has 0 radical (unpaired) electrons. The Labute approximate surface area is 110 Å². The number of fused-ring (bicyclic) bond motifs is 1. The number of hydrogen-bond donors (Lipinski definition) is 2. The van der Waals surface area contributed by atoms with E-state index in [0.29, 0.717) is 36.7 Å². The number of benzene rings is 1. The summed E-state index contributed by atoms with van der Waals surface area (Å²) < 4.78 is 5.06. The lowest BCUT2D eigenvalue weighted by atomic mass is 10.0. The molecule has 19 heavy (non-hydrogen) atoms. The highest BCUT2D eigenvalue weighted by Crippen LogP contribution is 2.30. The van der Waals surface area contributed by atoms with Crippen LogP contribution in [0.25, 0.3) is 0 Å². The molecule has 1 amide bonds. The second kappa shape index (κ2) is 4.31. The van der Waals surface area contributed by atoms with Crippen LogP contribution in [-0.2, 0) is 17.8 Å². The summed E-state index contributed by atoms with van der Waals surface area (Å²) in [7, 11) is 0. The first-order chi connectivity index (χ1) is 9.13. The first-order valence-electron chi connectivity index (χ1n) is 6.03. The summed E-state index contributed by atoms with van der Waals surface area (Å²) in [6.07, 6.45) is 1.19. The summed E-state index contributed by atoms with van der Waals surface area (Å²) in [6.45, 7) is 0.333. The van der Waals surface area contributed by atoms with Crippen molar-refractivity contribution in [2.75, 3.05) is 16.4 Å². The Bertz CT molecular complexity index is 635. The Morgan fingerprint density at radius 3 is 2.84 bits per heavy atom. The Morgan fingerprint density at radius 2 is 2.11 bits per heavy atom. The summed E-state index contributed by atoms with van der Waals surface area (Å²) in [4.78, 5) is 13.7. The molecule has 1 aromatic heterocycles. The second-order valence-corrected chi connectivity index (χ2v) is 4.59. The van der Waals surface area contributed by atoms with Crippen LogP contribution in [0.3, 0.4) is 0 Å². The van der Waals surface area contributed by atoms with Gasteiger partial charge >= 0.3 is 0 Å². The van der Waals surface area contributed by atoms with Gasteiger partial charge in [0.25, 0.3) is 0 Å². The average molecular weight is 258 g/mol. The van der Waals surface area contributed by atoms with Crippen LogP contribution in [0.1, 0.15) is 17.7 Å². The van der Waals surface area contributed by atoms with Gasteiger partial charge in [-0.05, 0) is 30.2 Å². The highest BCUT2D eigenvalue weighted by molar-refractivity contribution is 5.96. The van der Waals surface area contributed by atoms with Crippen LogP contribution in [0.4, 0.5) is 17.2 Å². The maximum atomic E-state index is 12.1. The molecule has 0 saturated carbocycles. The second-order valence-electron chi connectivity index (χ2n) is 4.59. The molecule has 1 aromatic carbocycles. The first kappa shape index (κ1) is 11.6. The lowest BCUT2D eigenvalue weighted by molar-refractivity contribution is -0.119. The van der Waals surface area contributed by atoms with Gasteiger partial charge in [0.05, 0.1) is 6.54 Å². The number of carbonyl (C=O) groups is 1. The topological polar surface area (TPSA) is 98.4 Å². The number of amides is 1. The molecule has 1 aliphatic heterocycles. The van der Waals surface area contributed by atoms with Crippen molar-refractivity contribution < 1.29 is 9.32 Å². The molecule has 0 saturated heterocycles. The zero-order valence-electron chi connectivity index (χ0n) is 10.3. The van der Waals surface area contributed by atoms with E-state index in [9.17, 15) is 4.79 Å². The SMILES string of the molecule is Nc1ccc2c(c1)CCC(=O)N2Cc1cc(N)no1. The van der Waals surface area contributed by atoms with E-state index in [4.69, 9.17) is 16.0 Å². The third-order valence-electron chi connectivity index (χ3n) is 3.19. The van der Waals surface area contributed by atoms with E-state index < -0.39 is 0 Å². The van der Waals surface area contributed by atoms with E-state index in [2.05, 4.69) is 5.16 Å². The van der Waals surface area contributed by atoms with Gasteiger partial charge in [-0.2, -0.15) is 0 Å². The lowest BCUT2D eigenvalue weighted by Crippen LogP contribution is -2.34. The van der Waals surface area contributed by atoms with Crippen molar-refractivity contribution in [3.8, 4) is 0 Å². The van der Waals surface area contributed by atoms with Crippen LogP contribution in [-0.4, -0.2) is 11.1 Å². The fourth-order valence-electron chi connectivity index (χ4n) is 2.31. The standard InChI is InChI=1S/C13H14N4O2/c14-9-2-3-11-8(5-9)1-4-13(18)17(11)7-10-6-12(15)16-19-10/h2-3,5-6H,1,4,7,14H2,(H2,15,16). The molecule has 6 heteroatoms. The van der Waals surface area contributed by atoms with Crippen molar-refractivity contribution in [1.82, 2.24) is 5.16 Å². The minimum atomic E-state index is 0.0623. The average Bonchev–Trinajstić information content (AvgIpc) is 2.78. The molecule has 0 fully saturated rings. The Kier molecular flexibility index (Phi) is 2.63. The van der Waals surface area contributed by atoms with Crippen molar-refractivity contribution in [2.45, 2.75) is 19.4 Å². The third-order valence-corrected chi connectivity index (χ3v) is 3.19. The summed E-state index contributed by atoms with van der Waals surface area (Å²) in [6, 6.07) is 7.18. The lowest BCUT2D eigenvalue weighted by Gasteiger charge is -2.28. The fourth-order valence-corrected chi connectivity index (χ4v) is 2.31. The molecule has 6 nitrogen and oxygen atoms in total. The summed E-state index contributed by atoms with van der Waals surface area (Å²) in [5, 5.41) is 3.62. The van der Waals surface area contributed by atoms with E-state index in [1.54, 1.807) is 17.0 Å². The Hall–Kier alpha value is -2.50. The fraction of sp³-hybridized carbons (Fsp3) is 0.231. The van der Waals surface area contributed by atoms with E-state index in [0.717, 1.165) is 11.3 Å². The smallest absolute Gasteiger partial charge is 0.227 e. The van der Waals surface area contributed by atoms with Gasteiger partial charge in [0.15, 0.2) is 11.6 Å². The quantitative estimate of drug-likeness (QED) is 0.791. The van der Waals surface area contributed by atoms with Crippen LogP contribution in [0.2, 0.25) is 0 Å². The summed E-state index contributed by atoms with van der Waals surface area (Å²) in [5.74, 6) is 0.944. The predicted molar refractivity (Wildman–Crippen MR) is 71.3 cm³/mol. The molecule has 3 rings (SSSR count). The molecule has 0 bridgehead atoms. The van der Waals surface area contributed by atoms with Crippen molar-refractivity contribution in [2.24, 2.45) is 0 Å². The minimum absolute atomic E-state index is 0.0623. The number of nitrogens with zero attached hydrogens (tertiary/aromatic N) is 2. The third kappa shape index (κ3) is 2.12. The molecular weight excluding hydrogens is 244 g/mol. The number of hydrogen-bond acceptors (Lipinski definition) is 5. The van der Waals surface area contributed by atoms with E-state index in [1.165, 1.54) is 0 Å². The summed E-state index contributed by atoms with van der Waals surface area (Å²) >= 11 is 0. The monoisotopic (exact) mass is 258 g/mol. The summed E-state index contributed by atoms with van der Waals surface area (Å²) in [5.41, 5.74) is 13.9. The largest absolute Gasteiger partial charge is 0.399 e. The van der Waals surface area contributed by atoms with Gasteiger partial charge in [-0.25, -0.2) is 0 Å². The van der Waals surface area contributed by atoms with Crippen LogP contribution >= 0.6 is 0 Å². The molecule has 0 spiro atoms. The molecule has 0 unspecified atom stereocenters. The van der Waals surface area contributed by atoms with Gasteiger partial charge in [-0.15, -0.1) is 0 Å². The predicted octanol–water partition coefficient (Wildman–Crippen LogP) is 1.32. The Morgan fingerprint density at radius 1 is 1.26 bits per heavy atom. The van der Waals surface area contributed by atoms with Gasteiger partial charge < -0.3 is 20.9 Å².